The van der Waals surface area contributed by atoms with E-state index in [1.54, 1.807) is 0 Å². The van der Waals surface area contributed by atoms with Gasteiger partial charge in [-0.2, -0.15) is 0 Å². The van der Waals surface area contributed by atoms with Gasteiger partial charge in [0.2, 0.25) is 0 Å². The molecule has 32 valence electrons. The van der Waals surface area contributed by atoms with Gasteiger partial charge in [0.05, 0.1) is 0 Å². The molecular formula is LaLiO4Zr. The fourth-order valence-corrected chi connectivity index (χ4v) is 0. The van der Waals surface area contributed by atoms with Crippen molar-refractivity contribution in [2.24, 2.45) is 0 Å². The van der Waals surface area contributed by atoms with Gasteiger partial charge in [-0.1, -0.05) is 0 Å². The van der Waals surface area contributed by atoms with Crippen molar-refractivity contribution in [3.05, 3.63) is 0 Å². The van der Waals surface area contributed by atoms with Gasteiger partial charge in [-0.15, -0.1) is 0 Å². The summed E-state index contributed by atoms with van der Waals surface area (Å²) in [6, 6.07) is 0. The summed E-state index contributed by atoms with van der Waals surface area (Å²) in [6.45, 7) is 0. The number of hydrogen-bond acceptors (Lipinski definition) is 0. The first-order chi connectivity index (χ1) is 0. The molecule has 0 saturated carbocycles. The normalized spacial score (nSPS) is 0. The Kier molecular flexibility index (Phi) is 1180. The van der Waals surface area contributed by atoms with Crippen molar-refractivity contribution in [1.82, 2.24) is 0 Å². The van der Waals surface area contributed by atoms with Gasteiger partial charge in [0.25, 0.3) is 0 Å². The maximum absolute atomic E-state index is 0. The second-order valence-electron chi connectivity index (χ2n) is 0. The van der Waals surface area contributed by atoms with Crippen molar-refractivity contribution < 1.29 is 103 Å². The SMILES string of the molecule is [La+3].[Li+].[O-2].[O-2].[O-2].[O-2].[Zr+4]. The van der Waals surface area contributed by atoms with Crippen LogP contribution in [0.15, 0.2) is 0 Å². The first-order valence-electron chi connectivity index (χ1n) is 0. The van der Waals surface area contributed by atoms with Gasteiger partial charge in [0, 0.05) is 0 Å². The Labute approximate surface area is 101 Å². The molecule has 7 heavy (non-hydrogen) atoms. The van der Waals surface area contributed by atoms with Crippen LogP contribution in [-0.2, 0) is 48.1 Å². The molecule has 0 radical (unpaired) electrons. The molecule has 0 aliphatic rings. The Morgan fingerprint density at radius 2 is 0.571 bits per heavy atom. The number of rotatable bonds is 0. The molecule has 0 heterocycles. The minimum atomic E-state index is 0. The monoisotopic (exact) mass is 300 g/mol. The zero-order chi connectivity index (χ0) is 0. The Morgan fingerprint density at radius 1 is 0.571 bits per heavy atom. The Morgan fingerprint density at radius 3 is 0.571 bits per heavy atom. The summed E-state index contributed by atoms with van der Waals surface area (Å²) in [4.78, 5) is 0. The van der Waals surface area contributed by atoms with Gasteiger partial charge < -0.3 is 21.9 Å². The standard InChI is InChI=1S/La.Li.4O.Zr/q+3;+1;4*-2;+4. The summed E-state index contributed by atoms with van der Waals surface area (Å²) >= 11 is 0. The predicted molar refractivity (Wildman–Crippen MR) is 2.75 cm³/mol. The minimum Gasteiger partial charge on any atom is -2.00 e. The van der Waals surface area contributed by atoms with E-state index in [4.69, 9.17) is 0 Å². The molecule has 0 aliphatic carbocycles. The third kappa shape index (κ3) is 57.1. The van der Waals surface area contributed by atoms with E-state index in [0.29, 0.717) is 0 Å². The van der Waals surface area contributed by atoms with Crippen molar-refractivity contribution in [2.75, 3.05) is 0 Å². The summed E-state index contributed by atoms with van der Waals surface area (Å²) in [6.07, 6.45) is 0. The predicted octanol–water partition coefficient (Wildman–Crippen LogP) is -3.47. The third-order valence-electron chi connectivity index (χ3n) is 0. The zero-order valence-electron chi connectivity index (χ0n) is 3.71. The molecule has 4 nitrogen and oxygen atoms in total. The Hall–Kier alpha value is 2.52. The maximum atomic E-state index is 0. The zero-order valence-corrected chi connectivity index (χ0v) is 9.79. The summed E-state index contributed by atoms with van der Waals surface area (Å²) in [5.74, 6) is 0. The van der Waals surface area contributed by atoms with Crippen LogP contribution in [-0.4, -0.2) is 0 Å². The van der Waals surface area contributed by atoms with E-state index < -0.39 is 0 Å². The van der Waals surface area contributed by atoms with E-state index in [2.05, 4.69) is 0 Å². The largest absolute Gasteiger partial charge is 4.00 e. The molecule has 0 aromatic heterocycles. The van der Waals surface area contributed by atoms with Gasteiger partial charge in [-0.05, 0) is 0 Å². The van der Waals surface area contributed by atoms with Crippen LogP contribution in [0.2, 0.25) is 0 Å². The van der Waals surface area contributed by atoms with Gasteiger partial charge in [0.15, 0.2) is 0 Å². The van der Waals surface area contributed by atoms with Crippen LogP contribution < -0.4 is 18.9 Å². The maximum Gasteiger partial charge on any atom is 4.00 e. The van der Waals surface area contributed by atoms with Crippen molar-refractivity contribution in [3.63, 3.8) is 0 Å². The van der Waals surface area contributed by atoms with Crippen LogP contribution in [0.3, 0.4) is 0 Å². The van der Waals surface area contributed by atoms with Crippen molar-refractivity contribution in [2.45, 2.75) is 0 Å². The number of hydrogen-bond donors (Lipinski definition) is 0. The molecule has 0 N–H and O–H groups in total. The molecule has 0 saturated heterocycles. The molecular weight excluding hydrogens is 301 g/mol. The van der Waals surface area contributed by atoms with E-state index in [0.717, 1.165) is 0 Å². The summed E-state index contributed by atoms with van der Waals surface area (Å²) < 4.78 is 0. The molecule has 0 amide bonds. The van der Waals surface area contributed by atoms with Gasteiger partial charge in [0.1, 0.15) is 0 Å². The fourth-order valence-electron chi connectivity index (χ4n) is 0. The molecule has 0 aromatic carbocycles. The van der Waals surface area contributed by atoms with Crippen LogP contribution in [0.1, 0.15) is 0 Å². The van der Waals surface area contributed by atoms with Crippen LogP contribution in [0.5, 0.6) is 0 Å². The smallest absolute Gasteiger partial charge is 2.00 e. The quantitative estimate of drug-likeness (QED) is 0.414. The average molecular weight is 301 g/mol. The molecule has 0 atom stereocenters. The van der Waals surface area contributed by atoms with Crippen molar-refractivity contribution >= 4 is 0 Å². The van der Waals surface area contributed by atoms with Gasteiger partial charge in [-0.25, -0.2) is 0 Å². The molecule has 7 heteroatoms. The van der Waals surface area contributed by atoms with E-state index in [9.17, 15) is 0 Å². The fraction of sp³-hybridized carbons (Fsp3) is 0. The molecule has 0 aromatic rings. The van der Waals surface area contributed by atoms with Crippen molar-refractivity contribution in [1.29, 1.82) is 0 Å². The van der Waals surface area contributed by atoms with Crippen LogP contribution >= 0.6 is 0 Å². The molecule has 0 spiro atoms. The van der Waals surface area contributed by atoms with Crippen LogP contribution in [0, 0.1) is 35.6 Å². The van der Waals surface area contributed by atoms with E-state index in [1.165, 1.54) is 0 Å². The average Bonchev–Trinajstić information content (AvgIpc) is 0. The van der Waals surface area contributed by atoms with Gasteiger partial charge in [-0.3, -0.25) is 0 Å². The van der Waals surface area contributed by atoms with E-state index in [-0.39, 0.29) is 103 Å². The summed E-state index contributed by atoms with van der Waals surface area (Å²) in [5.41, 5.74) is 0. The third-order valence-corrected chi connectivity index (χ3v) is 0. The first-order valence-corrected chi connectivity index (χ1v) is 0. The Balaban J connectivity index is 0. The van der Waals surface area contributed by atoms with E-state index in [1.807, 2.05) is 0 Å². The summed E-state index contributed by atoms with van der Waals surface area (Å²) in [7, 11) is 0. The molecule has 0 aliphatic heterocycles. The molecule has 0 bridgehead atoms. The molecule has 0 unspecified atom stereocenters. The topological polar surface area (TPSA) is 114 Å². The molecule has 0 rings (SSSR count). The second kappa shape index (κ2) is 76.0. The van der Waals surface area contributed by atoms with Gasteiger partial charge >= 0.3 is 80.7 Å². The summed E-state index contributed by atoms with van der Waals surface area (Å²) in [5, 5.41) is 0. The first kappa shape index (κ1) is 109. The van der Waals surface area contributed by atoms with Crippen molar-refractivity contribution in [3.8, 4) is 0 Å². The second-order valence-corrected chi connectivity index (χ2v) is 0. The van der Waals surface area contributed by atoms with Crippen LogP contribution in [0.4, 0.5) is 0 Å². The Bertz CT molecular complexity index is 11.7. The van der Waals surface area contributed by atoms with E-state index >= 15 is 0 Å². The van der Waals surface area contributed by atoms with Crippen LogP contribution in [0.25, 0.3) is 0 Å². The minimum absolute atomic E-state index is 0. The molecule has 0 fully saturated rings.